The van der Waals surface area contributed by atoms with Crippen LogP contribution in [0.2, 0.25) is 0 Å². The van der Waals surface area contributed by atoms with Crippen LogP contribution in [-0.4, -0.2) is 41.1 Å². The minimum Gasteiger partial charge on any atom is -0.393 e. The molecule has 3 N–H and O–H groups in total. The quantitative estimate of drug-likeness (QED) is 0.348. The monoisotopic (exact) mass is 476 g/mol. The van der Waals surface area contributed by atoms with E-state index in [0.29, 0.717) is 25.0 Å². The predicted octanol–water partition coefficient (Wildman–Crippen LogP) is 3.66. The Bertz CT molecular complexity index is 1090. The second-order valence-electron chi connectivity index (χ2n) is 8.36. The first-order chi connectivity index (χ1) is 14.8. The standard InChI is InChI=1S/C21H24F4N2O4S/c1-21(2)7-5-14(28)6-8-27(21)32(30,31)18-9-12(3-4-15(18)22)20(29)26-13-10-16(23)19(25)17(24)11-13/h3-4,9-11,14,20,26,28-29H,5-8H2,1-2H3. The van der Waals surface area contributed by atoms with Crippen molar-refractivity contribution in [3.8, 4) is 0 Å². The molecule has 1 heterocycles. The summed E-state index contributed by atoms with van der Waals surface area (Å²) in [4.78, 5) is -0.684. The lowest BCUT2D eigenvalue weighted by Crippen LogP contribution is -2.47. The summed E-state index contributed by atoms with van der Waals surface area (Å²) in [6.45, 7) is 3.34. The van der Waals surface area contributed by atoms with Crippen LogP contribution in [0.4, 0.5) is 23.2 Å². The summed E-state index contributed by atoms with van der Waals surface area (Å²) in [5.41, 5.74) is -1.29. The lowest BCUT2D eigenvalue weighted by Gasteiger charge is -2.36. The molecule has 2 atom stereocenters. The third-order valence-electron chi connectivity index (χ3n) is 5.56. The van der Waals surface area contributed by atoms with Crippen molar-refractivity contribution in [2.75, 3.05) is 11.9 Å². The van der Waals surface area contributed by atoms with E-state index < -0.39 is 56.1 Å². The van der Waals surface area contributed by atoms with Crippen LogP contribution in [0.15, 0.2) is 35.2 Å². The number of sulfonamides is 1. The van der Waals surface area contributed by atoms with Gasteiger partial charge >= 0.3 is 0 Å². The Morgan fingerprint density at radius 3 is 2.31 bits per heavy atom. The molecule has 1 saturated heterocycles. The van der Waals surface area contributed by atoms with Crippen molar-refractivity contribution in [2.45, 2.75) is 55.9 Å². The third kappa shape index (κ3) is 4.90. The van der Waals surface area contributed by atoms with Gasteiger partial charge in [0.15, 0.2) is 23.7 Å². The number of nitrogens with one attached hydrogen (secondary N) is 1. The molecule has 0 amide bonds. The highest BCUT2D eigenvalue weighted by molar-refractivity contribution is 7.89. The van der Waals surface area contributed by atoms with Gasteiger partial charge in [0.1, 0.15) is 10.7 Å². The summed E-state index contributed by atoms with van der Waals surface area (Å²) in [6.07, 6.45) is -1.40. The average molecular weight is 476 g/mol. The van der Waals surface area contributed by atoms with Crippen LogP contribution in [0.1, 0.15) is 44.9 Å². The van der Waals surface area contributed by atoms with Crippen LogP contribution < -0.4 is 5.32 Å². The smallest absolute Gasteiger partial charge is 0.246 e. The van der Waals surface area contributed by atoms with Gasteiger partial charge < -0.3 is 15.5 Å². The van der Waals surface area contributed by atoms with Crippen molar-refractivity contribution >= 4 is 15.7 Å². The summed E-state index contributed by atoms with van der Waals surface area (Å²) in [5, 5.41) is 22.6. The second-order valence-corrected chi connectivity index (χ2v) is 10.2. The molecule has 1 fully saturated rings. The molecular weight excluding hydrogens is 452 g/mol. The molecule has 1 aliphatic rings. The van der Waals surface area contributed by atoms with Gasteiger partial charge in [-0.3, -0.25) is 0 Å². The number of anilines is 1. The number of hydrogen-bond acceptors (Lipinski definition) is 5. The average Bonchev–Trinajstić information content (AvgIpc) is 2.84. The van der Waals surface area contributed by atoms with Gasteiger partial charge in [-0.25, -0.2) is 26.0 Å². The van der Waals surface area contributed by atoms with E-state index in [1.54, 1.807) is 13.8 Å². The van der Waals surface area contributed by atoms with E-state index in [0.717, 1.165) is 22.5 Å². The van der Waals surface area contributed by atoms with Crippen LogP contribution in [0.3, 0.4) is 0 Å². The molecule has 2 aromatic rings. The van der Waals surface area contributed by atoms with Crippen molar-refractivity contribution in [1.29, 1.82) is 0 Å². The Labute approximate surface area is 183 Å². The molecule has 0 radical (unpaired) electrons. The van der Waals surface area contributed by atoms with E-state index in [1.807, 2.05) is 0 Å². The van der Waals surface area contributed by atoms with Gasteiger partial charge in [0.25, 0.3) is 0 Å². The van der Waals surface area contributed by atoms with Crippen LogP contribution in [0.5, 0.6) is 0 Å². The molecule has 0 bridgehead atoms. The Morgan fingerprint density at radius 1 is 1.06 bits per heavy atom. The van der Waals surface area contributed by atoms with Gasteiger partial charge in [0.2, 0.25) is 10.0 Å². The number of aliphatic hydroxyl groups is 2. The first-order valence-electron chi connectivity index (χ1n) is 9.92. The molecule has 11 heteroatoms. The fourth-order valence-electron chi connectivity index (χ4n) is 3.69. The lowest BCUT2D eigenvalue weighted by molar-refractivity contribution is 0.158. The molecule has 6 nitrogen and oxygen atoms in total. The van der Waals surface area contributed by atoms with Gasteiger partial charge in [-0.05, 0) is 45.2 Å². The summed E-state index contributed by atoms with van der Waals surface area (Å²) >= 11 is 0. The topological polar surface area (TPSA) is 89.9 Å². The van der Waals surface area contributed by atoms with Crippen LogP contribution in [0, 0.1) is 23.3 Å². The Hall–Kier alpha value is -2.21. The maximum atomic E-state index is 14.6. The predicted molar refractivity (Wildman–Crippen MR) is 109 cm³/mol. The highest BCUT2D eigenvalue weighted by Gasteiger charge is 2.40. The van der Waals surface area contributed by atoms with Crippen LogP contribution in [-0.2, 0) is 10.0 Å². The fraction of sp³-hybridized carbons (Fsp3) is 0.429. The molecule has 0 spiro atoms. The molecule has 3 rings (SSSR count). The largest absolute Gasteiger partial charge is 0.393 e. The van der Waals surface area contributed by atoms with Crippen LogP contribution >= 0.6 is 0 Å². The summed E-state index contributed by atoms with van der Waals surface area (Å²) < 4.78 is 82.3. The lowest BCUT2D eigenvalue weighted by atomic mass is 9.98. The number of aliphatic hydroxyl groups excluding tert-OH is 2. The first-order valence-corrected chi connectivity index (χ1v) is 11.4. The maximum Gasteiger partial charge on any atom is 0.246 e. The van der Waals surface area contributed by atoms with E-state index in [1.165, 1.54) is 0 Å². The van der Waals surface area contributed by atoms with Crippen molar-refractivity contribution in [3.05, 3.63) is 59.2 Å². The zero-order valence-corrected chi connectivity index (χ0v) is 18.3. The maximum absolute atomic E-state index is 14.6. The van der Waals surface area contributed by atoms with E-state index in [4.69, 9.17) is 0 Å². The Morgan fingerprint density at radius 2 is 1.69 bits per heavy atom. The normalized spacial score (nSPS) is 20.6. The number of rotatable bonds is 5. The molecule has 32 heavy (non-hydrogen) atoms. The zero-order valence-electron chi connectivity index (χ0n) is 17.4. The van der Waals surface area contributed by atoms with Crippen molar-refractivity contribution < 1.29 is 36.2 Å². The second kappa shape index (κ2) is 8.97. The summed E-state index contributed by atoms with van der Waals surface area (Å²) in [7, 11) is -4.36. The molecule has 176 valence electrons. The summed E-state index contributed by atoms with van der Waals surface area (Å²) in [5.74, 6) is -5.67. The highest BCUT2D eigenvalue weighted by atomic mass is 32.2. The number of hydrogen-bond donors (Lipinski definition) is 3. The molecule has 1 aliphatic heterocycles. The molecule has 0 aliphatic carbocycles. The number of halogens is 4. The molecule has 0 aromatic heterocycles. The van der Waals surface area contributed by atoms with Gasteiger partial charge in [-0.15, -0.1) is 0 Å². The van der Waals surface area contributed by atoms with Gasteiger partial charge in [-0.2, -0.15) is 4.31 Å². The molecule has 0 saturated carbocycles. The van der Waals surface area contributed by atoms with Gasteiger partial charge in [0, 0.05) is 35.5 Å². The Kier molecular flexibility index (Phi) is 6.85. The zero-order chi connectivity index (χ0) is 23.8. The van der Waals surface area contributed by atoms with Crippen molar-refractivity contribution in [1.82, 2.24) is 4.31 Å². The Balaban J connectivity index is 1.94. The molecule has 2 unspecified atom stereocenters. The van der Waals surface area contributed by atoms with E-state index in [9.17, 15) is 36.2 Å². The van der Waals surface area contributed by atoms with E-state index in [2.05, 4.69) is 5.32 Å². The van der Waals surface area contributed by atoms with Crippen molar-refractivity contribution in [3.63, 3.8) is 0 Å². The number of nitrogens with zero attached hydrogens (tertiary/aromatic N) is 1. The molecular formula is C21H24F4N2O4S. The van der Waals surface area contributed by atoms with Crippen LogP contribution in [0.25, 0.3) is 0 Å². The minimum absolute atomic E-state index is 0.0187. The minimum atomic E-state index is -4.36. The van der Waals surface area contributed by atoms with E-state index in [-0.39, 0.29) is 24.2 Å². The SMILES string of the molecule is CC1(C)CCC(O)CCN1S(=O)(=O)c1cc(C(O)Nc2cc(F)c(F)c(F)c2)ccc1F. The molecule has 2 aromatic carbocycles. The van der Waals surface area contributed by atoms with Gasteiger partial charge in [-0.1, -0.05) is 6.07 Å². The number of benzene rings is 2. The highest BCUT2D eigenvalue weighted by Crippen LogP contribution is 2.34. The van der Waals surface area contributed by atoms with Crippen molar-refractivity contribution in [2.24, 2.45) is 0 Å². The van der Waals surface area contributed by atoms with E-state index >= 15 is 0 Å². The first kappa shape index (κ1) is 24.4. The van der Waals surface area contributed by atoms with Gasteiger partial charge in [0.05, 0.1) is 6.10 Å². The third-order valence-corrected chi connectivity index (χ3v) is 7.68. The fourth-order valence-corrected chi connectivity index (χ4v) is 5.61. The summed E-state index contributed by atoms with van der Waals surface area (Å²) in [6, 6.07) is 4.13.